The summed E-state index contributed by atoms with van der Waals surface area (Å²) in [5.74, 6) is 1.79. The molecule has 2 N–H and O–H groups in total. The number of aliphatic imine (C=N–C) groups is 1. The third kappa shape index (κ3) is 10.3. The lowest BCUT2D eigenvalue weighted by molar-refractivity contribution is 0.180. The minimum absolute atomic E-state index is 0.817. The van der Waals surface area contributed by atoms with Crippen LogP contribution in [0.5, 0.6) is 5.75 Å². The van der Waals surface area contributed by atoms with Crippen molar-refractivity contribution in [2.75, 3.05) is 61.1 Å². The number of unbranched alkanes of at least 4 members (excludes halogenated alkanes) is 1. The van der Waals surface area contributed by atoms with Crippen LogP contribution in [0.1, 0.15) is 24.8 Å². The topological polar surface area (TPSA) is 58.1 Å². The number of hydrogen-bond acceptors (Lipinski definition) is 4. The van der Waals surface area contributed by atoms with E-state index in [1.165, 1.54) is 5.56 Å². The lowest BCUT2D eigenvalue weighted by atomic mass is 10.1. The van der Waals surface area contributed by atoms with Crippen LogP contribution in [0.15, 0.2) is 29.3 Å². The number of benzene rings is 1. The molecule has 0 atom stereocenters. The molecule has 0 aliphatic carbocycles. The van der Waals surface area contributed by atoms with Gasteiger partial charge in [0.1, 0.15) is 5.75 Å². The van der Waals surface area contributed by atoms with Crippen molar-refractivity contribution in [1.29, 1.82) is 0 Å². The van der Waals surface area contributed by atoms with Crippen LogP contribution in [-0.2, 0) is 11.2 Å². The zero-order valence-electron chi connectivity index (χ0n) is 16.9. The molecule has 0 aliphatic heterocycles. The SMILES string of the molecule is CN=C(NCCCCc1ccc(OC)cc1)NCCN(C)CCCOC. The lowest BCUT2D eigenvalue weighted by Gasteiger charge is -2.18. The monoisotopic (exact) mass is 364 g/mol. The zero-order valence-corrected chi connectivity index (χ0v) is 16.9. The molecule has 6 heteroatoms. The Morgan fingerprint density at radius 1 is 1.00 bits per heavy atom. The van der Waals surface area contributed by atoms with E-state index in [0.717, 1.165) is 70.2 Å². The molecule has 0 saturated carbocycles. The van der Waals surface area contributed by atoms with Crippen LogP contribution >= 0.6 is 0 Å². The highest BCUT2D eigenvalue weighted by Crippen LogP contribution is 2.12. The average molecular weight is 365 g/mol. The highest BCUT2D eigenvalue weighted by molar-refractivity contribution is 5.79. The van der Waals surface area contributed by atoms with E-state index >= 15 is 0 Å². The van der Waals surface area contributed by atoms with Crippen molar-refractivity contribution in [3.8, 4) is 5.75 Å². The van der Waals surface area contributed by atoms with Crippen LogP contribution in [0.2, 0.25) is 0 Å². The Kier molecular flexibility index (Phi) is 12.3. The summed E-state index contributed by atoms with van der Waals surface area (Å²) in [5.41, 5.74) is 1.35. The maximum absolute atomic E-state index is 5.18. The van der Waals surface area contributed by atoms with Crippen molar-refractivity contribution in [2.45, 2.75) is 25.7 Å². The van der Waals surface area contributed by atoms with Crippen molar-refractivity contribution in [3.05, 3.63) is 29.8 Å². The molecule has 26 heavy (non-hydrogen) atoms. The minimum atomic E-state index is 0.817. The van der Waals surface area contributed by atoms with E-state index in [1.54, 1.807) is 14.2 Å². The molecule has 6 nitrogen and oxygen atoms in total. The number of ether oxygens (including phenoxy) is 2. The number of likely N-dealkylation sites (N-methyl/N-ethyl adjacent to an activating group) is 1. The molecule has 0 radical (unpaired) electrons. The van der Waals surface area contributed by atoms with Gasteiger partial charge < -0.3 is 25.0 Å². The van der Waals surface area contributed by atoms with Crippen LogP contribution < -0.4 is 15.4 Å². The normalized spacial score (nSPS) is 11.7. The van der Waals surface area contributed by atoms with Gasteiger partial charge in [0.25, 0.3) is 0 Å². The van der Waals surface area contributed by atoms with E-state index in [2.05, 4.69) is 39.7 Å². The Bertz CT molecular complexity index is 491. The first-order chi connectivity index (χ1) is 12.7. The number of rotatable bonds is 13. The van der Waals surface area contributed by atoms with Gasteiger partial charge in [0, 0.05) is 46.9 Å². The molecule has 1 aromatic carbocycles. The molecule has 0 amide bonds. The number of methoxy groups -OCH3 is 2. The number of hydrogen-bond donors (Lipinski definition) is 2. The second-order valence-corrected chi connectivity index (χ2v) is 6.38. The van der Waals surface area contributed by atoms with Gasteiger partial charge in [-0.3, -0.25) is 4.99 Å². The summed E-state index contributed by atoms with van der Waals surface area (Å²) in [6, 6.07) is 8.31. The van der Waals surface area contributed by atoms with Crippen LogP contribution in [0.4, 0.5) is 0 Å². The highest BCUT2D eigenvalue weighted by Gasteiger charge is 2.01. The van der Waals surface area contributed by atoms with Crippen LogP contribution in [0.25, 0.3) is 0 Å². The fourth-order valence-electron chi connectivity index (χ4n) is 2.63. The van der Waals surface area contributed by atoms with Crippen LogP contribution in [-0.4, -0.2) is 72.0 Å². The first-order valence-corrected chi connectivity index (χ1v) is 9.44. The van der Waals surface area contributed by atoms with Gasteiger partial charge in [-0.2, -0.15) is 0 Å². The summed E-state index contributed by atoms with van der Waals surface area (Å²) >= 11 is 0. The van der Waals surface area contributed by atoms with Crippen molar-refractivity contribution >= 4 is 5.96 Å². The summed E-state index contributed by atoms with van der Waals surface area (Å²) in [6.45, 7) is 4.67. The molecule has 0 aliphatic rings. The van der Waals surface area contributed by atoms with Gasteiger partial charge in [0.05, 0.1) is 7.11 Å². The van der Waals surface area contributed by atoms with E-state index in [-0.39, 0.29) is 0 Å². The summed E-state index contributed by atoms with van der Waals surface area (Å²) in [4.78, 5) is 6.58. The smallest absolute Gasteiger partial charge is 0.191 e. The maximum Gasteiger partial charge on any atom is 0.191 e. The van der Waals surface area contributed by atoms with Gasteiger partial charge >= 0.3 is 0 Å². The summed E-state index contributed by atoms with van der Waals surface area (Å²) in [6.07, 6.45) is 4.42. The average Bonchev–Trinajstić information content (AvgIpc) is 2.67. The van der Waals surface area contributed by atoms with E-state index < -0.39 is 0 Å². The summed E-state index contributed by atoms with van der Waals surface area (Å²) in [7, 11) is 7.39. The molecule has 0 bridgehead atoms. The predicted octanol–water partition coefficient (Wildman–Crippen LogP) is 2.15. The predicted molar refractivity (Wildman–Crippen MR) is 109 cm³/mol. The highest BCUT2D eigenvalue weighted by atomic mass is 16.5. The van der Waals surface area contributed by atoms with E-state index in [4.69, 9.17) is 9.47 Å². The van der Waals surface area contributed by atoms with Gasteiger partial charge in [-0.15, -0.1) is 0 Å². The molecule has 0 aromatic heterocycles. The van der Waals surface area contributed by atoms with Crippen molar-refractivity contribution in [3.63, 3.8) is 0 Å². The van der Waals surface area contributed by atoms with Crippen molar-refractivity contribution in [1.82, 2.24) is 15.5 Å². The zero-order chi connectivity index (χ0) is 19.0. The third-order valence-corrected chi connectivity index (χ3v) is 4.24. The third-order valence-electron chi connectivity index (χ3n) is 4.24. The molecule has 0 fully saturated rings. The molecule has 1 rings (SSSR count). The molecule has 1 aromatic rings. The van der Waals surface area contributed by atoms with Crippen molar-refractivity contribution < 1.29 is 9.47 Å². The van der Waals surface area contributed by atoms with E-state index in [1.807, 2.05) is 19.2 Å². The van der Waals surface area contributed by atoms with Gasteiger partial charge in [-0.25, -0.2) is 0 Å². The van der Waals surface area contributed by atoms with Crippen LogP contribution in [0.3, 0.4) is 0 Å². The van der Waals surface area contributed by atoms with Gasteiger partial charge in [0.15, 0.2) is 5.96 Å². The number of aryl methyl sites for hydroxylation is 1. The van der Waals surface area contributed by atoms with E-state index in [0.29, 0.717) is 0 Å². The standard InChI is InChI=1S/C20H36N4O2/c1-21-20(23-14-16-24(2)15-7-17-25-3)22-13-6-5-8-18-9-11-19(26-4)12-10-18/h9-12H,5-8,13-17H2,1-4H3,(H2,21,22,23). The Morgan fingerprint density at radius 3 is 2.38 bits per heavy atom. The van der Waals surface area contributed by atoms with E-state index in [9.17, 15) is 0 Å². The second-order valence-electron chi connectivity index (χ2n) is 6.38. The maximum atomic E-state index is 5.18. The summed E-state index contributed by atoms with van der Waals surface area (Å²) in [5, 5.41) is 6.74. The molecule has 0 spiro atoms. The lowest BCUT2D eigenvalue weighted by Crippen LogP contribution is -2.41. The van der Waals surface area contributed by atoms with Gasteiger partial charge in [0.2, 0.25) is 0 Å². The first kappa shape index (κ1) is 22.3. The number of nitrogens with zero attached hydrogens (tertiary/aromatic N) is 2. The largest absolute Gasteiger partial charge is 0.497 e. The van der Waals surface area contributed by atoms with Gasteiger partial charge in [-0.1, -0.05) is 12.1 Å². The fraction of sp³-hybridized carbons (Fsp3) is 0.650. The summed E-state index contributed by atoms with van der Waals surface area (Å²) < 4.78 is 10.3. The molecular formula is C20H36N4O2. The Labute approximate surface area is 159 Å². The number of guanidine groups is 1. The molecule has 0 heterocycles. The minimum Gasteiger partial charge on any atom is -0.497 e. The van der Waals surface area contributed by atoms with Gasteiger partial charge in [-0.05, 0) is 50.4 Å². The Hall–Kier alpha value is -1.79. The fourth-order valence-corrected chi connectivity index (χ4v) is 2.63. The molecular weight excluding hydrogens is 328 g/mol. The molecule has 0 unspecified atom stereocenters. The van der Waals surface area contributed by atoms with Crippen molar-refractivity contribution in [2.24, 2.45) is 4.99 Å². The Balaban J connectivity index is 2.08. The second kappa shape index (κ2) is 14.4. The quantitative estimate of drug-likeness (QED) is 0.319. The van der Waals surface area contributed by atoms with Crippen LogP contribution in [0, 0.1) is 0 Å². The molecule has 0 saturated heterocycles. The first-order valence-electron chi connectivity index (χ1n) is 9.44. The number of nitrogens with one attached hydrogen (secondary N) is 2. The Morgan fingerprint density at radius 2 is 1.73 bits per heavy atom. The molecule has 148 valence electrons.